The Balaban J connectivity index is 2.44. The van der Waals surface area contributed by atoms with Crippen LogP contribution in [0.1, 0.15) is 32.8 Å². The predicted molar refractivity (Wildman–Crippen MR) is 79.6 cm³/mol. The van der Waals surface area contributed by atoms with Crippen molar-refractivity contribution in [2.75, 3.05) is 0 Å². The van der Waals surface area contributed by atoms with Crippen LogP contribution in [-0.2, 0) is 11.4 Å². The average Bonchev–Trinajstić information content (AvgIpc) is 2.47. The van der Waals surface area contributed by atoms with Gasteiger partial charge in [-0.15, -0.1) is 0 Å². The Morgan fingerprint density at radius 1 is 1.15 bits per heavy atom. The van der Waals surface area contributed by atoms with Gasteiger partial charge in [0, 0.05) is 5.39 Å². The molecule has 0 aliphatic carbocycles. The van der Waals surface area contributed by atoms with Crippen molar-refractivity contribution in [1.29, 1.82) is 0 Å². The third kappa shape index (κ3) is 2.68. The molecule has 0 amide bonds. The highest BCUT2D eigenvalue weighted by molar-refractivity contribution is 5.93. The number of carbonyl (C=O) groups excluding carboxylic acids is 1. The second-order valence-corrected chi connectivity index (χ2v) is 5.55. The van der Waals surface area contributed by atoms with Crippen LogP contribution in [0.2, 0.25) is 0 Å². The van der Waals surface area contributed by atoms with Crippen LogP contribution in [0.3, 0.4) is 0 Å². The highest BCUT2D eigenvalue weighted by atomic mass is 16.5. The smallest absolute Gasteiger partial charge is 0.316 e. The number of ether oxygens (including phenoxy) is 1. The molecule has 0 aliphatic rings. The van der Waals surface area contributed by atoms with E-state index in [-0.39, 0.29) is 12.6 Å². The summed E-state index contributed by atoms with van der Waals surface area (Å²) in [4.78, 5) is 12.2. The average molecular weight is 272 g/mol. The SMILES string of the molecule is CCC(C)(C)C(=O)Oc1ccc(CO)c2ccccc12. The summed E-state index contributed by atoms with van der Waals surface area (Å²) in [6.45, 7) is 5.68. The maximum absolute atomic E-state index is 12.2. The first-order valence-corrected chi connectivity index (χ1v) is 6.83. The molecule has 2 aromatic rings. The van der Waals surface area contributed by atoms with Crippen molar-refractivity contribution in [1.82, 2.24) is 0 Å². The van der Waals surface area contributed by atoms with Crippen molar-refractivity contribution in [3.63, 3.8) is 0 Å². The third-order valence-electron chi connectivity index (χ3n) is 3.78. The molecular formula is C17H20O3. The molecule has 0 saturated carbocycles. The van der Waals surface area contributed by atoms with Crippen LogP contribution in [-0.4, -0.2) is 11.1 Å². The van der Waals surface area contributed by atoms with Crippen molar-refractivity contribution < 1.29 is 14.6 Å². The van der Waals surface area contributed by atoms with Gasteiger partial charge in [0.15, 0.2) is 0 Å². The van der Waals surface area contributed by atoms with Crippen LogP contribution >= 0.6 is 0 Å². The second-order valence-electron chi connectivity index (χ2n) is 5.55. The van der Waals surface area contributed by atoms with E-state index in [0.717, 1.165) is 22.8 Å². The van der Waals surface area contributed by atoms with E-state index in [9.17, 15) is 9.90 Å². The molecule has 2 rings (SSSR count). The molecule has 0 heterocycles. The predicted octanol–water partition coefficient (Wildman–Crippen LogP) is 3.67. The molecule has 0 radical (unpaired) electrons. The van der Waals surface area contributed by atoms with E-state index >= 15 is 0 Å². The Bertz CT molecular complexity index is 629. The van der Waals surface area contributed by atoms with E-state index in [4.69, 9.17) is 4.74 Å². The lowest BCUT2D eigenvalue weighted by molar-refractivity contribution is -0.144. The number of hydrogen-bond acceptors (Lipinski definition) is 3. The molecule has 3 nitrogen and oxygen atoms in total. The molecule has 0 fully saturated rings. The van der Waals surface area contributed by atoms with Crippen molar-refractivity contribution in [2.45, 2.75) is 33.8 Å². The van der Waals surface area contributed by atoms with Gasteiger partial charge in [-0.25, -0.2) is 0 Å². The summed E-state index contributed by atoms with van der Waals surface area (Å²) < 4.78 is 5.56. The first kappa shape index (κ1) is 14.5. The number of esters is 1. The molecule has 0 saturated heterocycles. The van der Waals surface area contributed by atoms with Crippen molar-refractivity contribution in [3.05, 3.63) is 42.0 Å². The van der Waals surface area contributed by atoms with Crippen LogP contribution in [0, 0.1) is 5.41 Å². The quantitative estimate of drug-likeness (QED) is 0.682. The molecule has 0 spiro atoms. The molecule has 0 atom stereocenters. The summed E-state index contributed by atoms with van der Waals surface area (Å²) in [5, 5.41) is 11.1. The van der Waals surface area contributed by atoms with E-state index in [1.807, 2.05) is 45.0 Å². The van der Waals surface area contributed by atoms with E-state index in [1.165, 1.54) is 0 Å². The zero-order valence-corrected chi connectivity index (χ0v) is 12.1. The minimum atomic E-state index is -0.503. The van der Waals surface area contributed by atoms with Gasteiger partial charge in [-0.05, 0) is 37.3 Å². The zero-order valence-electron chi connectivity index (χ0n) is 12.1. The molecule has 20 heavy (non-hydrogen) atoms. The van der Waals surface area contributed by atoms with Crippen molar-refractivity contribution >= 4 is 16.7 Å². The number of fused-ring (bicyclic) bond motifs is 1. The fraction of sp³-hybridized carbons (Fsp3) is 0.353. The Hall–Kier alpha value is -1.87. The molecule has 2 aromatic carbocycles. The van der Waals surface area contributed by atoms with Gasteiger partial charge in [-0.3, -0.25) is 4.79 Å². The van der Waals surface area contributed by atoms with Crippen LogP contribution in [0.4, 0.5) is 0 Å². The summed E-state index contributed by atoms with van der Waals surface area (Å²) in [6.07, 6.45) is 0.721. The first-order chi connectivity index (χ1) is 9.49. The van der Waals surface area contributed by atoms with Crippen LogP contribution in [0.15, 0.2) is 36.4 Å². The summed E-state index contributed by atoms with van der Waals surface area (Å²) in [5.74, 6) is 0.311. The number of aliphatic hydroxyl groups excluding tert-OH is 1. The van der Waals surface area contributed by atoms with Crippen LogP contribution in [0.25, 0.3) is 10.8 Å². The zero-order chi connectivity index (χ0) is 14.8. The normalized spacial score (nSPS) is 11.6. The van der Waals surface area contributed by atoms with E-state index in [1.54, 1.807) is 12.1 Å². The highest BCUT2D eigenvalue weighted by Crippen LogP contribution is 2.31. The first-order valence-electron chi connectivity index (χ1n) is 6.83. The van der Waals surface area contributed by atoms with Gasteiger partial charge in [-0.2, -0.15) is 0 Å². The van der Waals surface area contributed by atoms with Crippen molar-refractivity contribution in [2.24, 2.45) is 5.41 Å². The van der Waals surface area contributed by atoms with E-state index < -0.39 is 5.41 Å². The standard InChI is InChI=1S/C17H20O3/c1-4-17(2,3)16(19)20-15-10-9-12(11-18)13-7-5-6-8-14(13)15/h5-10,18H,4,11H2,1-3H3. The number of rotatable bonds is 4. The lowest BCUT2D eigenvalue weighted by atomic mass is 9.90. The van der Waals surface area contributed by atoms with Gasteiger partial charge >= 0.3 is 5.97 Å². The number of aliphatic hydroxyl groups is 1. The summed E-state index contributed by atoms with van der Waals surface area (Å²) in [7, 11) is 0. The van der Waals surface area contributed by atoms with Gasteiger partial charge in [0.25, 0.3) is 0 Å². The molecule has 1 N–H and O–H groups in total. The molecule has 0 unspecified atom stereocenters. The third-order valence-corrected chi connectivity index (χ3v) is 3.78. The van der Waals surface area contributed by atoms with Crippen LogP contribution in [0.5, 0.6) is 5.75 Å². The maximum atomic E-state index is 12.2. The molecule has 106 valence electrons. The van der Waals surface area contributed by atoms with E-state index in [0.29, 0.717) is 5.75 Å². The molecule has 0 bridgehead atoms. The summed E-state index contributed by atoms with van der Waals surface area (Å²) in [6, 6.07) is 11.2. The molecular weight excluding hydrogens is 252 g/mol. The maximum Gasteiger partial charge on any atom is 0.316 e. The van der Waals surface area contributed by atoms with E-state index in [2.05, 4.69) is 0 Å². The van der Waals surface area contributed by atoms with Gasteiger partial charge in [0.05, 0.1) is 12.0 Å². The Morgan fingerprint density at radius 2 is 1.80 bits per heavy atom. The fourth-order valence-electron chi connectivity index (χ4n) is 1.94. The van der Waals surface area contributed by atoms with Gasteiger partial charge in [0.1, 0.15) is 5.75 Å². The number of carbonyl (C=O) groups is 1. The fourth-order valence-corrected chi connectivity index (χ4v) is 1.94. The number of hydrogen-bond donors (Lipinski definition) is 1. The minimum Gasteiger partial charge on any atom is -0.425 e. The summed E-state index contributed by atoms with van der Waals surface area (Å²) in [5.41, 5.74) is 0.326. The largest absolute Gasteiger partial charge is 0.425 e. The Morgan fingerprint density at radius 3 is 2.40 bits per heavy atom. The molecule has 0 aromatic heterocycles. The molecule has 3 heteroatoms. The van der Waals surface area contributed by atoms with Crippen molar-refractivity contribution in [3.8, 4) is 5.75 Å². The van der Waals surface area contributed by atoms with Gasteiger partial charge in [0.2, 0.25) is 0 Å². The molecule has 0 aliphatic heterocycles. The highest BCUT2D eigenvalue weighted by Gasteiger charge is 2.28. The lowest BCUT2D eigenvalue weighted by Gasteiger charge is -2.21. The summed E-state index contributed by atoms with van der Waals surface area (Å²) >= 11 is 0. The monoisotopic (exact) mass is 272 g/mol. The number of benzene rings is 2. The Kier molecular flexibility index (Phi) is 4.09. The van der Waals surface area contributed by atoms with Gasteiger partial charge < -0.3 is 9.84 Å². The minimum absolute atomic E-state index is 0.0325. The second kappa shape index (κ2) is 5.63. The Labute approximate surface area is 119 Å². The van der Waals surface area contributed by atoms with Crippen LogP contribution < -0.4 is 4.74 Å². The van der Waals surface area contributed by atoms with Gasteiger partial charge in [-0.1, -0.05) is 37.3 Å². The topological polar surface area (TPSA) is 46.5 Å². The lowest BCUT2D eigenvalue weighted by Crippen LogP contribution is -2.28.